The molecule has 0 bridgehead atoms. The number of benzene rings is 3. The molecule has 3 aromatic rings. The lowest BCUT2D eigenvalue weighted by Crippen LogP contribution is -2.13. The summed E-state index contributed by atoms with van der Waals surface area (Å²) < 4.78 is 12.2. The summed E-state index contributed by atoms with van der Waals surface area (Å²) in [5, 5.41) is 23.5. The molecule has 0 unspecified atom stereocenters. The van der Waals surface area contributed by atoms with Gasteiger partial charge < -0.3 is 14.8 Å². The molecule has 0 heterocycles. The fourth-order valence-corrected chi connectivity index (χ4v) is 4.05. The van der Waals surface area contributed by atoms with Crippen molar-refractivity contribution in [3.63, 3.8) is 0 Å². The lowest BCUT2D eigenvalue weighted by molar-refractivity contribution is -0.384. The van der Waals surface area contributed by atoms with Crippen molar-refractivity contribution in [2.75, 3.05) is 11.9 Å². The number of nitrogens with zero attached hydrogens (tertiary/aromatic N) is 2. The van der Waals surface area contributed by atoms with Crippen molar-refractivity contribution in [1.29, 1.82) is 5.26 Å². The van der Waals surface area contributed by atoms with Crippen LogP contribution in [0.5, 0.6) is 11.5 Å². The normalized spacial score (nSPS) is 10.9. The van der Waals surface area contributed by atoms with Crippen molar-refractivity contribution < 1.29 is 19.2 Å². The van der Waals surface area contributed by atoms with E-state index in [-0.39, 0.29) is 28.6 Å². The van der Waals surface area contributed by atoms with Gasteiger partial charge in [0.15, 0.2) is 11.5 Å². The summed E-state index contributed by atoms with van der Waals surface area (Å²) in [6.07, 6.45) is 1.37. The number of nitrogens with one attached hydrogen (secondary N) is 1. The van der Waals surface area contributed by atoms with Crippen molar-refractivity contribution in [2.24, 2.45) is 0 Å². The number of carbonyl (C=O) groups excluding carboxylic acids is 1. The highest BCUT2D eigenvalue weighted by Crippen LogP contribution is 2.38. The molecule has 0 atom stereocenters. The minimum Gasteiger partial charge on any atom is -0.490 e. The second-order valence-corrected chi connectivity index (χ2v) is 8.86. The zero-order valence-electron chi connectivity index (χ0n) is 18.8. The van der Waals surface area contributed by atoms with Crippen molar-refractivity contribution in [3.8, 4) is 17.6 Å². The lowest BCUT2D eigenvalue weighted by Gasteiger charge is -2.15. The number of rotatable bonds is 9. The third kappa shape index (κ3) is 6.76. The quantitative estimate of drug-likeness (QED) is 0.122. The molecule has 8 nitrogen and oxygen atoms in total. The molecule has 0 aliphatic carbocycles. The summed E-state index contributed by atoms with van der Waals surface area (Å²) in [5.74, 6) is 0.109. The number of anilines is 1. The minimum absolute atomic E-state index is 0.0313. The first-order valence-electron chi connectivity index (χ1n) is 10.4. The molecule has 0 aromatic heterocycles. The van der Waals surface area contributed by atoms with E-state index in [1.54, 1.807) is 18.2 Å². The maximum absolute atomic E-state index is 12.7. The van der Waals surface area contributed by atoms with E-state index >= 15 is 0 Å². The Balaban J connectivity index is 1.86. The van der Waals surface area contributed by atoms with Crippen LogP contribution in [0, 0.1) is 21.4 Å². The van der Waals surface area contributed by atoms with Gasteiger partial charge in [0.1, 0.15) is 18.2 Å². The lowest BCUT2D eigenvalue weighted by atomic mass is 10.1. The number of ether oxygens (including phenoxy) is 2. The van der Waals surface area contributed by atoms with E-state index in [2.05, 4.69) is 21.2 Å². The number of hydrogen-bond donors (Lipinski definition) is 1. The predicted molar refractivity (Wildman–Crippen MR) is 141 cm³/mol. The summed E-state index contributed by atoms with van der Waals surface area (Å²) in [4.78, 5) is 23.0. The Morgan fingerprint density at radius 1 is 1.17 bits per heavy atom. The number of carbonyl (C=O) groups is 1. The number of halogens is 3. The zero-order valence-corrected chi connectivity index (χ0v) is 21.9. The van der Waals surface area contributed by atoms with Crippen LogP contribution in [0.4, 0.5) is 11.4 Å². The van der Waals surface area contributed by atoms with Gasteiger partial charge in [0, 0.05) is 22.7 Å². The van der Waals surface area contributed by atoms with Gasteiger partial charge in [-0.25, -0.2) is 0 Å². The topological polar surface area (TPSA) is 114 Å². The molecule has 36 heavy (non-hydrogen) atoms. The summed E-state index contributed by atoms with van der Waals surface area (Å²) in [7, 11) is 0. The van der Waals surface area contributed by atoms with Crippen molar-refractivity contribution in [3.05, 3.63) is 95.9 Å². The third-order valence-corrected chi connectivity index (χ3v) is 6.02. The second kappa shape index (κ2) is 12.4. The zero-order chi connectivity index (χ0) is 26.2. The highest BCUT2D eigenvalue weighted by Gasteiger charge is 2.17. The number of amides is 1. The third-order valence-electron chi connectivity index (χ3n) is 4.75. The smallest absolute Gasteiger partial charge is 0.271 e. The van der Waals surface area contributed by atoms with E-state index in [1.165, 1.54) is 18.2 Å². The first kappa shape index (κ1) is 27.0. The van der Waals surface area contributed by atoms with Crippen LogP contribution in [0.25, 0.3) is 6.08 Å². The average Bonchev–Trinajstić information content (AvgIpc) is 2.84. The van der Waals surface area contributed by atoms with Crippen LogP contribution in [-0.4, -0.2) is 17.4 Å². The Bertz CT molecular complexity index is 1390. The molecule has 1 amide bonds. The van der Waals surface area contributed by atoms with Crippen molar-refractivity contribution in [2.45, 2.75) is 13.5 Å². The van der Waals surface area contributed by atoms with Gasteiger partial charge in [0.25, 0.3) is 11.6 Å². The van der Waals surface area contributed by atoms with Gasteiger partial charge in [-0.05, 0) is 58.8 Å². The van der Waals surface area contributed by atoms with Crippen LogP contribution in [0.1, 0.15) is 18.1 Å². The maximum atomic E-state index is 12.7. The summed E-state index contributed by atoms with van der Waals surface area (Å²) in [6.45, 7) is 2.37. The number of non-ortho nitro benzene ring substituents is 1. The van der Waals surface area contributed by atoms with Gasteiger partial charge in [-0.3, -0.25) is 14.9 Å². The SMILES string of the molecule is CCOc1cc(/C=C(/C#N)C(=O)Nc2ccc([N+](=O)[O-])cc2Cl)cc(Br)c1OCc1ccccc1Cl. The molecule has 0 fully saturated rings. The van der Waals surface area contributed by atoms with Crippen LogP contribution >= 0.6 is 39.1 Å². The number of hydrogen-bond acceptors (Lipinski definition) is 6. The Morgan fingerprint density at radius 2 is 1.92 bits per heavy atom. The first-order chi connectivity index (χ1) is 17.2. The standard InChI is InChI=1S/C25H18BrCl2N3O5/c1-2-35-23-11-15(10-19(26)24(23)36-14-16-5-3-4-6-20(16)27)9-17(13-29)25(32)30-22-8-7-18(31(33)34)12-21(22)28/h3-12H,2,14H2,1H3,(H,30,32)/b17-9-. The molecule has 3 rings (SSSR count). The molecule has 184 valence electrons. The molecule has 1 N–H and O–H groups in total. The summed E-state index contributed by atoms with van der Waals surface area (Å²) in [5.41, 5.74) is 0.985. The van der Waals surface area contributed by atoms with Crippen LogP contribution in [0.3, 0.4) is 0 Å². The minimum atomic E-state index is -0.735. The van der Waals surface area contributed by atoms with E-state index < -0.39 is 10.8 Å². The number of nitro benzene ring substituents is 1. The molecular weight excluding hydrogens is 573 g/mol. The van der Waals surface area contributed by atoms with Crippen molar-refractivity contribution in [1.82, 2.24) is 0 Å². The molecule has 0 aliphatic heterocycles. The largest absolute Gasteiger partial charge is 0.490 e. The monoisotopic (exact) mass is 589 g/mol. The first-order valence-corrected chi connectivity index (χ1v) is 12.0. The highest BCUT2D eigenvalue weighted by atomic mass is 79.9. The van der Waals surface area contributed by atoms with E-state index in [9.17, 15) is 20.2 Å². The molecule has 0 saturated carbocycles. The number of nitro groups is 1. The Morgan fingerprint density at radius 3 is 2.56 bits per heavy atom. The number of nitriles is 1. The van der Waals surface area contributed by atoms with Gasteiger partial charge in [-0.2, -0.15) is 5.26 Å². The maximum Gasteiger partial charge on any atom is 0.271 e. The fourth-order valence-electron chi connectivity index (χ4n) is 3.06. The van der Waals surface area contributed by atoms with E-state index in [4.69, 9.17) is 32.7 Å². The molecule has 0 aliphatic rings. The van der Waals surface area contributed by atoms with Gasteiger partial charge in [-0.1, -0.05) is 41.4 Å². The van der Waals surface area contributed by atoms with Gasteiger partial charge in [-0.15, -0.1) is 0 Å². The van der Waals surface area contributed by atoms with Gasteiger partial charge >= 0.3 is 0 Å². The Kier molecular flexibility index (Phi) is 9.31. The second-order valence-electron chi connectivity index (χ2n) is 7.19. The van der Waals surface area contributed by atoms with Crippen LogP contribution in [0.15, 0.2) is 64.6 Å². The predicted octanol–water partition coefficient (Wildman–Crippen LogP) is 7.19. The highest BCUT2D eigenvalue weighted by molar-refractivity contribution is 9.10. The van der Waals surface area contributed by atoms with Crippen LogP contribution in [0.2, 0.25) is 10.0 Å². The molecule has 0 radical (unpaired) electrons. The Hall–Kier alpha value is -3.58. The molecule has 0 spiro atoms. The van der Waals surface area contributed by atoms with Crippen molar-refractivity contribution >= 4 is 62.5 Å². The molecule has 3 aromatic carbocycles. The molecule has 11 heteroatoms. The van der Waals surface area contributed by atoms with E-state index in [1.807, 2.05) is 31.2 Å². The summed E-state index contributed by atoms with van der Waals surface area (Å²) in [6, 6.07) is 16.1. The Labute approximate surface area is 225 Å². The van der Waals surface area contributed by atoms with Crippen LogP contribution in [-0.2, 0) is 11.4 Å². The fraction of sp³-hybridized carbons (Fsp3) is 0.120. The van der Waals surface area contributed by atoms with E-state index in [0.717, 1.165) is 11.6 Å². The molecule has 0 saturated heterocycles. The summed E-state index contributed by atoms with van der Waals surface area (Å²) >= 11 is 15.7. The van der Waals surface area contributed by atoms with Gasteiger partial charge in [0.2, 0.25) is 0 Å². The van der Waals surface area contributed by atoms with Gasteiger partial charge in [0.05, 0.1) is 26.7 Å². The average molecular weight is 591 g/mol. The van der Waals surface area contributed by atoms with E-state index in [0.29, 0.717) is 33.2 Å². The molecular formula is C25H18BrCl2N3O5. The van der Waals surface area contributed by atoms with Crippen LogP contribution < -0.4 is 14.8 Å².